The predicted molar refractivity (Wildman–Crippen MR) is 81.7 cm³/mol. The molecule has 0 unspecified atom stereocenters. The number of aromatic carboxylic acids is 1. The fourth-order valence-corrected chi connectivity index (χ4v) is 2.59. The number of rotatable bonds is 3. The van der Waals surface area contributed by atoms with Crippen molar-refractivity contribution in [1.82, 2.24) is 9.55 Å². The average molecular weight is 280 g/mol. The number of benzene rings is 1. The molecule has 0 radical (unpaired) electrons. The van der Waals surface area contributed by atoms with E-state index in [0.717, 1.165) is 27.9 Å². The van der Waals surface area contributed by atoms with Crippen LogP contribution in [0, 0.1) is 13.8 Å². The van der Waals surface area contributed by atoms with Crippen LogP contribution in [0.25, 0.3) is 10.9 Å². The van der Waals surface area contributed by atoms with E-state index in [2.05, 4.69) is 4.98 Å². The van der Waals surface area contributed by atoms with Gasteiger partial charge in [-0.05, 0) is 44.2 Å². The molecule has 0 aliphatic rings. The number of pyridine rings is 1. The second-order valence-electron chi connectivity index (χ2n) is 5.25. The van der Waals surface area contributed by atoms with Crippen LogP contribution in [0.2, 0.25) is 0 Å². The van der Waals surface area contributed by atoms with Crippen molar-refractivity contribution in [3.05, 3.63) is 65.1 Å². The van der Waals surface area contributed by atoms with Gasteiger partial charge in [-0.15, -0.1) is 0 Å². The number of hydrogen-bond acceptors (Lipinski definition) is 2. The van der Waals surface area contributed by atoms with Crippen molar-refractivity contribution < 1.29 is 9.90 Å². The van der Waals surface area contributed by atoms with E-state index in [0.29, 0.717) is 12.2 Å². The Balaban J connectivity index is 2.15. The maximum atomic E-state index is 11.5. The summed E-state index contributed by atoms with van der Waals surface area (Å²) in [6, 6.07) is 13.5. The van der Waals surface area contributed by atoms with E-state index in [1.54, 1.807) is 10.6 Å². The standard InChI is InChI=1S/C17H16N2O2/c1-11-6-7-15-13(8-11)9-16(17(20)21)19(15)10-14-5-3-4-12(2)18-14/h3-9H,10H2,1-2H3,(H,20,21). The number of carboxylic acid groups (broad SMARTS) is 1. The number of nitrogens with zero attached hydrogens (tertiary/aromatic N) is 2. The lowest BCUT2D eigenvalue weighted by Crippen LogP contribution is -2.10. The molecule has 0 bridgehead atoms. The van der Waals surface area contributed by atoms with Crippen molar-refractivity contribution in [3.63, 3.8) is 0 Å². The molecule has 0 spiro atoms. The first-order valence-electron chi connectivity index (χ1n) is 6.80. The second kappa shape index (κ2) is 5.05. The molecule has 0 fully saturated rings. The lowest BCUT2D eigenvalue weighted by molar-refractivity contribution is 0.0686. The molecular weight excluding hydrogens is 264 g/mol. The highest BCUT2D eigenvalue weighted by atomic mass is 16.4. The van der Waals surface area contributed by atoms with Gasteiger partial charge in [-0.1, -0.05) is 17.7 Å². The molecule has 4 heteroatoms. The van der Waals surface area contributed by atoms with Gasteiger partial charge in [-0.25, -0.2) is 4.79 Å². The van der Waals surface area contributed by atoms with Gasteiger partial charge >= 0.3 is 5.97 Å². The van der Waals surface area contributed by atoms with Gasteiger partial charge in [0.25, 0.3) is 0 Å². The summed E-state index contributed by atoms with van der Waals surface area (Å²) in [6.07, 6.45) is 0. The SMILES string of the molecule is Cc1ccc2c(c1)cc(C(=O)O)n2Cc1cccc(C)n1. The Bertz CT molecular complexity index is 834. The highest BCUT2D eigenvalue weighted by molar-refractivity contribution is 5.94. The van der Waals surface area contributed by atoms with E-state index in [4.69, 9.17) is 0 Å². The maximum absolute atomic E-state index is 11.5. The van der Waals surface area contributed by atoms with E-state index in [1.165, 1.54) is 0 Å². The normalized spacial score (nSPS) is 11.0. The van der Waals surface area contributed by atoms with Crippen LogP contribution in [0.5, 0.6) is 0 Å². The van der Waals surface area contributed by atoms with Gasteiger partial charge in [0.1, 0.15) is 5.69 Å². The van der Waals surface area contributed by atoms with Crippen LogP contribution in [-0.4, -0.2) is 20.6 Å². The van der Waals surface area contributed by atoms with Crippen LogP contribution in [0.3, 0.4) is 0 Å². The monoisotopic (exact) mass is 280 g/mol. The highest BCUT2D eigenvalue weighted by Gasteiger charge is 2.15. The summed E-state index contributed by atoms with van der Waals surface area (Å²) in [6.45, 7) is 4.38. The fourth-order valence-electron chi connectivity index (χ4n) is 2.59. The minimum atomic E-state index is -0.920. The zero-order chi connectivity index (χ0) is 15.0. The molecule has 0 aliphatic heterocycles. The van der Waals surface area contributed by atoms with E-state index in [-0.39, 0.29) is 0 Å². The summed E-state index contributed by atoms with van der Waals surface area (Å²) in [5.41, 5.74) is 4.11. The van der Waals surface area contributed by atoms with Crippen molar-refractivity contribution >= 4 is 16.9 Å². The lowest BCUT2D eigenvalue weighted by atomic mass is 10.2. The number of carbonyl (C=O) groups is 1. The van der Waals surface area contributed by atoms with Crippen molar-refractivity contribution in [1.29, 1.82) is 0 Å². The molecule has 4 nitrogen and oxygen atoms in total. The molecular formula is C17H16N2O2. The predicted octanol–water partition coefficient (Wildman–Crippen LogP) is 3.40. The highest BCUT2D eigenvalue weighted by Crippen LogP contribution is 2.22. The molecule has 0 atom stereocenters. The lowest BCUT2D eigenvalue weighted by Gasteiger charge is -2.08. The molecule has 1 aromatic carbocycles. The van der Waals surface area contributed by atoms with Crippen LogP contribution in [0.4, 0.5) is 0 Å². The topological polar surface area (TPSA) is 55.1 Å². The third kappa shape index (κ3) is 2.52. The average Bonchev–Trinajstić information content (AvgIpc) is 2.77. The van der Waals surface area contributed by atoms with Crippen LogP contribution in [0.1, 0.15) is 27.4 Å². The third-order valence-corrected chi connectivity index (χ3v) is 3.54. The Morgan fingerprint density at radius 3 is 2.71 bits per heavy atom. The Morgan fingerprint density at radius 2 is 2.00 bits per heavy atom. The zero-order valence-corrected chi connectivity index (χ0v) is 12.0. The summed E-state index contributed by atoms with van der Waals surface area (Å²) >= 11 is 0. The molecule has 0 saturated heterocycles. The summed E-state index contributed by atoms with van der Waals surface area (Å²) in [5, 5.41) is 10.4. The summed E-state index contributed by atoms with van der Waals surface area (Å²) in [4.78, 5) is 16.0. The maximum Gasteiger partial charge on any atom is 0.352 e. The van der Waals surface area contributed by atoms with E-state index in [9.17, 15) is 9.90 Å². The van der Waals surface area contributed by atoms with E-state index >= 15 is 0 Å². The van der Waals surface area contributed by atoms with Gasteiger partial charge in [-0.2, -0.15) is 0 Å². The first-order chi connectivity index (χ1) is 10.0. The Kier molecular flexibility index (Phi) is 3.22. The summed E-state index contributed by atoms with van der Waals surface area (Å²) in [7, 11) is 0. The van der Waals surface area contributed by atoms with Crippen molar-refractivity contribution in [2.45, 2.75) is 20.4 Å². The molecule has 0 aliphatic carbocycles. The Labute approximate surface area is 122 Å². The second-order valence-corrected chi connectivity index (χ2v) is 5.25. The number of hydrogen-bond donors (Lipinski definition) is 1. The molecule has 3 rings (SSSR count). The quantitative estimate of drug-likeness (QED) is 0.800. The molecule has 2 aromatic heterocycles. The van der Waals surface area contributed by atoms with Crippen LogP contribution >= 0.6 is 0 Å². The molecule has 106 valence electrons. The van der Waals surface area contributed by atoms with Gasteiger partial charge in [0, 0.05) is 16.6 Å². The number of aryl methyl sites for hydroxylation is 2. The van der Waals surface area contributed by atoms with Crippen molar-refractivity contribution in [2.75, 3.05) is 0 Å². The molecule has 3 aromatic rings. The molecule has 2 heterocycles. The minimum Gasteiger partial charge on any atom is -0.477 e. The smallest absolute Gasteiger partial charge is 0.352 e. The number of aromatic nitrogens is 2. The minimum absolute atomic E-state index is 0.291. The van der Waals surface area contributed by atoms with Crippen molar-refractivity contribution in [2.24, 2.45) is 0 Å². The molecule has 21 heavy (non-hydrogen) atoms. The van der Waals surface area contributed by atoms with E-state index < -0.39 is 5.97 Å². The van der Waals surface area contributed by atoms with E-state index in [1.807, 2.05) is 50.2 Å². The van der Waals surface area contributed by atoms with Gasteiger partial charge in [0.2, 0.25) is 0 Å². The Hall–Kier alpha value is -2.62. The molecule has 0 amide bonds. The number of fused-ring (bicyclic) bond motifs is 1. The Morgan fingerprint density at radius 1 is 1.19 bits per heavy atom. The first-order valence-corrected chi connectivity index (χ1v) is 6.80. The van der Waals surface area contributed by atoms with Gasteiger partial charge in [-0.3, -0.25) is 4.98 Å². The van der Waals surface area contributed by atoms with Gasteiger partial charge in [0.05, 0.1) is 12.2 Å². The van der Waals surface area contributed by atoms with Crippen LogP contribution in [-0.2, 0) is 6.54 Å². The third-order valence-electron chi connectivity index (χ3n) is 3.54. The zero-order valence-electron chi connectivity index (χ0n) is 12.0. The van der Waals surface area contributed by atoms with Crippen LogP contribution in [0.15, 0.2) is 42.5 Å². The summed E-state index contributed by atoms with van der Waals surface area (Å²) < 4.78 is 1.80. The molecule has 1 N–H and O–H groups in total. The molecule has 0 saturated carbocycles. The fraction of sp³-hybridized carbons (Fsp3) is 0.176. The van der Waals surface area contributed by atoms with Gasteiger partial charge < -0.3 is 9.67 Å². The van der Waals surface area contributed by atoms with Crippen molar-refractivity contribution in [3.8, 4) is 0 Å². The number of carboxylic acids is 1. The largest absolute Gasteiger partial charge is 0.477 e. The summed E-state index contributed by atoms with van der Waals surface area (Å²) in [5.74, 6) is -0.920. The first kappa shape index (κ1) is 13.4. The van der Waals surface area contributed by atoms with Gasteiger partial charge in [0.15, 0.2) is 0 Å². The van der Waals surface area contributed by atoms with Crippen LogP contribution < -0.4 is 0 Å².